The second-order valence-electron chi connectivity index (χ2n) is 5.28. The van der Waals surface area contributed by atoms with E-state index in [2.05, 4.69) is 5.32 Å². The van der Waals surface area contributed by atoms with Crippen molar-refractivity contribution in [2.75, 3.05) is 6.54 Å². The lowest BCUT2D eigenvalue weighted by Gasteiger charge is -2.10. The second-order valence-corrected chi connectivity index (χ2v) is 6.53. The number of thioether (sulfide) groups is 1. The highest BCUT2D eigenvalue weighted by molar-refractivity contribution is 8.01. The van der Waals surface area contributed by atoms with E-state index in [1.807, 2.05) is 54.6 Å². The van der Waals surface area contributed by atoms with Gasteiger partial charge in [-0.05, 0) is 23.6 Å². The van der Waals surface area contributed by atoms with Gasteiger partial charge >= 0.3 is 5.97 Å². The number of benzene rings is 2. The molecule has 0 saturated heterocycles. The average Bonchev–Trinajstić information content (AvgIpc) is 3.03. The average molecular weight is 327 g/mol. The number of hydrogen-bond donors (Lipinski definition) is 1. The highest BCUT2D eigenvalue weighted by Crippen LogP contribution is 2.36. The lowest BCUT2D eigenvalue weighted by molar-refractivity contribution is -0.145. The lowest BCUT2D eigenvalue weighted by Crippen LogP contribution is -2.36. The van der Waals surface area contributed by atoms with Crippen LogP contribution in [-0.2, 0) is 27.4 Å². The normalized spacial score (nSPS) is 15.7. The van der Waals surface area contributed by atoms with Gasteiger partial charge in [-0.1, -0.05) is 48.5 Å². The Morgan fingerprint density at radius 2 is 1.83 bits per heavy atom. The fourth-order valence-electron chi connectivity index (χ4n) is 2.39. The molecule has 4 nitrogen and oxygen atoms in total. The van der Waals surface area contributed by atoms with Gasteiger partial charge in [-0.2, -0.15) is 0 Å². The number of amides is 1. The van der Waals surface area contributed by atoms with Crippen LogP contribution < -0.4 is 5.32 Å². The van der Waals surface area contributed by atoms with Gasteiger partial charge in [0.2, 0.25) is 5.91 Å². The monoisotopic (exact) mass is 327 g/mol. The topological polar surface area (TPSA) is 55.4 Å². The standard InChI is InChI=1S/C18H17NO3S/c20-17(22-12-13-6-2-1-3-7-13)11-19-18(21)16-10-14-8-4-5-9-15(14)23-16/h1-9,16H,10-12H2,(H,19,21). The van der Waals surface area contributed by atoms with Crippen molar-refractivity contribution in [2.45, 2.75) is 23.2 Å². The largest absolute Gasteiger partial charge is 0.460 e. The molecule has 0 aromatic heterocycles. The summed E-state index contributed by atoms with van der Waals surface area (Å²) in [6.07, 6.45) is 0.700. The van der Waals surface area contributed by atoms with E-state index in [4.69, 9.17) is 4.74 Å². The molecule has 1 N–H and O–H groups in total. The Labute approximate surface area is 139 Å². The third kappa shape index (κ3) is 4.13. The molecule has 3 rings (SSSR count). The fraction of sp³-hybridized carbons (Fsp3) is 0.222. The highest BCUT2D eigenvalue weighted by atomic mass is 32.2. The quantitative estimate of drug-likeness (QED) is 0.858. The molecule has 0 fully saturated rings. The van der Waals surface area contributed by atoms with Crippen LogP contribution in [-0.4, -0.2) is 23.7 Å². The summed E-state index contributed by atoms with van der Waals surface area (Å²) in [6, 6.07) is 17.4. The number of ether oxygens (including phenoxy) is 1. The maximum atomic E-state index is 12.2. The Bertz CT molecular complexity index is 677. The maximum absolute atomic E-state index is 12.2. The van der Waals surface area contributed by atoms with Crippen molar-refractivity contribution >= 4 is 23.6 Å². The zero-order valence-electron chi connectivity index (χ0n) is 12.5. The Kier molecular flexibility index (Phi) is 4.98. The molecular formula is C18H17NO3S. The molecule has 1 aliphatic rings. The molecule has 1 heterocycles. The van der Waals surface area contributed by atoms with E-state index in [1.165, 1.54) is 5.56 Å². The van der Waals surface area contributed by atoms with Crippen LogP contribution in [0.2, 0.25) is 0 Å². The first-order valence-electron chi connectivity index (χ1n) is 7.44. The number of nitrogens with one attached hydrogen (secondary N) is 1. The van der Waals surface area contributed by atoms with Crippen molar-refractivity contribution in [2.24, 2.45) is 0 Å². The predicted molar refractivity (Wildman–Crippen MR) is 89.0 cm³/mol. The van der Waals surface area contributed by atoms with Gasteiger partial charge in [0.25, 0.3) is 0 Å². The van der Waals surface area contributed by atoms with Gasteiger partial charge in [-0.3, -0.25) is 9.59 Å². The molecule has 0 radical (unpaired) electrons. The molecule has 1 atom stereocenters. The third-order valence-electron chi connectivity index (χ3n) is 3.59. The van der Waals surface area contributed by atoms with Crippen LogP contribution in [0, 0.1) is 0 Å². The number of carbonyl (C=O) groups is 2. The molecule has 2 aromatic carbocycles. The van der Waals surface area contributed by atoms with Crippen LogP contribution in [0.25, 0.3) is 0 Å². The SMILES string of the molecule is O=C(CNC(=O)C1Cc2ccccc2S1)OCc1ccccc1. The van der Waals surface area contributed by atoms with E-state index in [0.717, 1.165) is 10.5 Å². The van der Waals surface area contributed by atoms with Gasteiger partial charge in [0.1, 0.15) is 13.2 Å². The van der Waals surface area contributed by atoms with Crippen molar-refractivity contribution in [3.05, 3.63) is 65.7 Å². The van der Waals surface area contributed by atoms with Crippen LogP contribution in [0.3, 0.4) is 0 Å². The molecule has 1 amide bonds. The first kappa shape index (κ1) is 15.6. The van der Waals surface area contributed by atoms with Gasteiger partial charge in [0.05, 0.1) is 5.25 Å². The van der Waals surface area contributed by atoms with E-state index >= 15 is 0 Å². The minimum Gasteiger partial charge on any atom is -0.460 e. The van der Waals surface area contributed by atoms with Crippen molar-refractivity contribution in [1.29, 1.82) is 0 Å². The molecule has 0 saturated carbocycles. The van der Waals surface area contributed by atoms with Crippen LogP contribution in [0.1, 0.15) is 11.1 Å². The number of esters is 1. The molecule has 0 bridgehead atoms. The zero-order chi connectivity index (χ0) is 16.1. The summed E-state index contributed by atoms with van der Waals surface area (Å²) >= 11 is 1.54. The number of carbonyl (C=O) groups excluding carboxylic acids is 2. The maximum Gasteiger partial charge on any atom is 0.325 e. The van der Waals surface area contributed by atoms with Crippen molar-refractivity contribution in [3.63, 3.8) is 0 Å². The lowest BCUT2D eigenvalue weighted by atomic mass is 10.1. The first-order valence-corrected chi connectivity index (χ1v) is 8.32. The van der Waals surface area contributed by atoms with Gasteiger partial charge in [-0.25, -0.2) is 0 Å². The van der Waals surface area contributed by atoms with Crippen molar-refractivity contribution in [3.8, 4) is 0 Å². The van der Waals surface area contributed by atoms with Gasteiger partial charge in [0.15, 0.2) is 0 Å². The molecule has 0 spiro atoms. The summed E-state index contributed by atoms with van der Waals surface area (Å²) in [4.78, 5) is 25.0. The number of rotatable bonds is 5. The molecule has 1 unspecified atom stereocenters. The van der Waals surface area contributed by atoms with E-state index in [0.29, 0.717) is 6.42 Å². The smallest absolute Gasteiger partial charge is 0.325 e. The van der Waals surface area contributed by atoms with Gasteiger partial charge in [0, 0.05) is 4.90 Å². The molecule has 118 valence electrons. The summed E-state index contributed by atoms with van der Waals surface area (Å²) < 4.78 is 5.14. The van der Waals surface area contributed by atoms with Crippen LogP contribution >= 0.6 is 11.8 Å². The summed E-state index contributed by atoms with van der Waals surface area (Å²) in [5.74, 6) is -0.550. The zero-order valence-corrected chi connectivity index (χ0v) is 13.3. The van der Waals surface area contributed by atoms with E-state index in [9.17, 15) is 9.59 Å². The van der Waals surface area contributed by atoms with Crippen LogP contribution in [0.5, 0.6) is 0 Å². The Morgan fingerprint density at radius 3 is 2.61 bits per heavy atom. The highest BCUT2D eigenvalue weighted by Gasteiger charge is 2.28. The molecule has 0 aliphatic carbocycles. The molecule has 23 heavy (non-hydrogen) atoms. The second kappa shape index (κ2) is 7.33. The summed E-state index contributed by atoms with van der Waals surface area (Å²) in [7, 11) is 0. The molecule has 5 heteroatoms. The first-order chi connectivity index (χ1) is 11.2. The van der Waals surface area contributed by atoms with Gasteiger partial charge < -0.3 is 10.1 Å². The molecular weight excluding hydrogens is 310 g/mol. The number of hydrogen-bond acceptors (Lipinski definition) is 4. The van der Waals surface area contributed by atoms with E-state index in [1.54, 1.807) is 11.8 Å². The summed E-state index contributed by atoms with van der Waals surface area (Å²) in [5.41, 5.74) is 2.11. The van der Waals surface area contributed by atoms with Crippen LogP contribution in [0.4, 0.5) is 0 Å². The Balaban J connectivity index is 1.42. The summed E-state index contributed by atoms with van der Waals surface area (Å²) in [6.45, 7) is 0.123. The minimum atomic E-state index is -0.428. The van der Waals surface area contributed by atoms with E-state index in [-0.39, 0.29) is 24.3 Å². The van der Waals surface area contributed by atoms with E-state index < -0.39 is 5.97 Å². The Hall–Kier alpha value is -2.27. The fourth-order valence-corrected chi connectivity index (χ4v) is 3.61. The summed E-state index contributed by atoms with van der Waals surface area (Å²) in [5, 5.41) is 2.49. The van der Waals surface area contributed by atoms with Crippen LogP contribution in [0.15, 0.2) is 59.5 Å². The third-order valence-corrected chi connectivity index (χ3v) is 4.91. The van der Waals surface area contributed by atoms with Gasteiger partial charge in [-0.15, -0.1) is 11.8 Å². The molecule has 1 aliphatic heterocycles. The Morgan fingerprint density at radius 1 is 1.09 bits per heavy atom. The van der Waals surface area contributed by atoms with Crippen molar-refractivity contribution in [1.82, 2.24) is 5.32 Å². The predicted octanol–water partition coefficient (Wildman–Crippen LogP) is 2.56. The molecule has 2 aromatic rings. The number of fused-ring (bicyclic) bond motifs is 1. The minimum absolute atomic E-state index is 0.0981. The van der Waals surface area contributed by atoms with Crippen molar-refractivity contribution < 1.29 is 14.3 Å².